The van der Waals surface area contributed by atoms with E-state index in [-0.39, 0.29) is 0 Å². The summed E-state index contributed by atoms with van der Waals surface area (Å²) in [7, 11) is 0. The quantitative estimate of drug-likeness (QED) is 0.881. The highest BCUT2D eigenvalue weighted by Gasteiger charge is 2.05. The van der Waals surface area contributed by atoms with E-state index in [1.165, 1.54) is 16.1 Å². The number of nitrogens with zero attached hydrogens (tertiary/aromatic N) is 1. The monoisotopic (exact) mass is 324 g/mol. The van der Waals surface area contributed by atoms with E-state index in [0.29, 0.717) is 0 Å². The molecule has 4 heteroatoms. The van der Waals surface area contributed by atoms with E-state index < -0.39 is 0 Å². The second kappa shape index (κ2) is 5.85. The fraction of sp³-hybridized carbons (Fsp3) is 0.357. The molecule has 0 aliphatic heterocycles. The first-order chi connectivity index (χ1) is 8.60. The molecule has 2 aromatic rings. The van der Waals surface area contributed by atoms with Crippen molar-refractivity contribution in [2.75, 3.05) is 5.32 Å². The van der Waals surface area contributed by atoms with Gasteiger partial charge < -0.3 is 5.32 Å². The van der Waals surface area contributed by atoms with Gasteiger partial charge in [0.2, 0.25) is 0 Å². The van der Waals surface area contributed by atoms with Gasteiger partial charge in [-0.15, -0.1) is 11.3 Å². The zero-order valence-electron chi connectivity index (χ0n) is 10.9. The smallest absolute Gasteiger partial charge is 0.112 e. The van der Waals surface area contributed by atoms with Crippen LogP contribution in [0, 0.1) is 13.8 Å². The molecule has 0 aliphatic carbocycles. The summed E-state index contributed by atoms with van der Waals surface area (Å²) in [5, 5.41) is 4.62. The van der Waals surface area contributed by atoms with E-state index in [0.717, 1.165) is 28.1 Å². The van der Waals surface area contributed by atoms with Crippen LogP contribution in [0.3, 0.4) is 0 Å². The summed E-state index contributed by atoms with van der Waals surface area (Å²) in [4.78, 5) is 5.85. The van der Waals surface area contributed by atoms with Crippen LogP contribution in [0.15, 0.2) is 22.7 Å². The number of hydrogen-bond donors (Lipinski definition) is 1. The third-order valence-electron chi connectivity index (χ3n) is 2.95. The normalized spacial score (nSPS) is 10.7. The molecule has 0 radical (unpaired) electrons. The molecule has 0 aliphatic rings. The van der Waals surface area contributed by atoms with Gasteiger partial charge in [0.15, 0.2) is 0 Å². The lowest BCUT2D eigenvalue weighted by atomic mass is 10.1. The Kier molecular flexibility index (Phi) is 4.40. The Morgan fingerprint density at radius 1 is 1.33 bits per heavy atom. The van der Waals surface area contributed by atoms with Crippen LogP contribution < -0.4 is 5.32 Å². The number of benzene rings is 1. The Hall–Kier alpha value is -0.870. The topological polar surface area (TPSA) is 24.9 Å². The number of nitrogens with one attached hydrogen (secondary N) is 1. The standard InChI is InChI=1S/C14H17BrN2S/c1-4-11-7-12(15)5-6-13(11)16-8-14-17-9(2)10(3)18-14/h5-7,16H,4,8H2,1-3H3. The molecule has 1 aromatic carbocycles. The highest BCUT2D eigenvalue weighted by molar-refractivity contribution is 9.10. The van der Waals surface area contributed by atoms with Crippen molar-refractivity contribution in [2.24, 2.45) is 0 Å². The molecule has 1 N–H and O–H groups in total. The highest BCUT2D eigenvalue weighted by atomic mass is 79.9. The maximum atomic E-state index is 4.55. The van der Waals surface area contributed by atoms with Crippen LogP contribution in [0.1, 0.15) is 28.1 Å². The van der Waals surface area contributed by atoms with Gasteiger partial charge in [0.25, 0.3) is 0 Å². The summed E-state index contributed by atoms with van der Waals surface area (Å²) >= 11 is 5.28. The van der Waals surface area contributed by atoms with Gasteiger partial charge in [-0.25, -0.2) is 4.98 Å². The maximum Gasteiger partial charge on any atom is 0.112 e. The van der Waals surface area contributed by atoms with Crippen LogP contribution >= 0.6 is 27.3 Å². The average molecular weight is 325 g/mol. The molecule has 0 spiro atoms. The van der Waals surface area contributed by atoms with Crippen molar-refractivity contribution in [3.05, 3.63) is 43.8 Å². The van der Waals surface area contributed by atoms with Crippen molar-refractivity contribution >= 4 is 33.0 Å². The van der Waals surface area contributed by atoms with Crippen molar-refractivity contribution in [1.29, 1.82) is 0 Å². The van der Waals surface area contributed by atoms with E-state index in [9.17, 15) is 0 Å². The Morgan fingerprint density at radius 3 is 2.72 bits per heavy atom. The lowest BCUT2D eigenvalue weighted by Gasteiger charge is -2.10. The van der Waals surface area contributed by atoms with Crippen LogP contribution in [0.5, 0.6) is 0 Å². The summed E-state index contributed by atoms with van der Waals surface area (Å²) in [5.74, 6) is 0. The molecule has 96 valence electrons. The highest BCUT2D eigenvalue weighted by Crippen LogP contribution is 2.23. The maximum absolute atomic E-state index is 4.55. The van der Waals surface area contributed by atoms with Gasteiger partial charge in [-0.05, 0) is 44.0 Å². The molecular formula is C14H17BrN2S. The SMILES string of the molecule is CCc1cc(Br)ccc1NCc1nc(C)c(C)s1. The lowest BCUT2D eigenvalue weighted by molar-refractivity contribution is 1.05. The second-order valence-electron chi connectivity index (χ2n) is 4.26. The fourth-order valence-corrected chi connectivity index (χ4v) is 3.10. The molecule has 0 amide bonds. The molecule has 0 saturated carbocycles. The second-order valence-corrected chi connectivity index (χ2v) is 6.46. The van der Waals surface area contributed by atoms with Gasteiger partial charge in [0.1, 0.15) is 5.01 Å². The molecule has 0 bridgehead atoms. The van der Waals surface area contributed by atoms with Crippen molar-refractivity contribution in [1.82, 2.24) is 4.98 Å². The molecule has 0 saturated heterocycles. The first-order valence-electron chi connectivity index (χ1n) is 6.05. The molecule has 0 atom stereocenters. The fourth-order valence-electron chi connectivity index (χ4n) is 1.81. The molecule has 18 heavy (non-hydrogen) atoms. The minimum Gasteiger partial charge on any atom is -0.378 e. The Morgan fingerprint density at radius 2 is 2.11 bits per heavy atom. The van der Waals surface area contributed by atoms with Crippen LogP contribution in [0.25, 0.3) is 0 Å². The predicted molar refractivity (Wildman–Crippen MR) is 82.4 cm³/mol. The van der Waals surface area contributed by atoms with E-state index >= 15 is 0 Å². The van der Waals surface area contributed by atoms with Gasteiger partial charge in [0, 0.05) is 15.0 Å². The van der Waals surface area contributed by atoms with Crippen molar-refractivity contribution < 1.29 is 0 Å². The molecule has 0 fully saturated rings. The van der Waals surface area contributed by atoms with Crippen molar-refractivity contribution in [2.45, 2.75) is 33.7 Å². The molecule has 0 unspecified atom stereocenters. The Bertz CT molecular complexity index is 529. The summed E-state index contributed by atoms with van der Waals surface area (Å²) in [6, 6.07) is 6.36. The zero-order chi connectivity index (χ0) is 13.1. The van der Waals surface area contributed by atoms with Crippen LogP contribution in [0.2, 0.25) is 0 Å². The Labute approximate surface area is 121 Å². The first-order valence-corrected chi connectivity index (χ1v) is 7.66. The largest absolute Gasteiger partial charge is 0.378 e. The third kappa shape index (κ3) is 3.12. The number of hydrogen-bond acceptors (Lipinski definition) is 3. The lowest BCUT2D eigenvalue weighted by Crippen LogP contribution is -2.01. The van der Waals surface area contributed by atoms with Gasteiger partial charge in [-0.3, -0.25) is 0 Å². The van der Waals surface area contributed by atoms with Crippen LogP contribution in [0.4, 0.5) is 5.69 Å². The molecule has 1 heterocycles. The number of aryl methyl sites for hydroxylation is 3. The number of halogens is 1. The number of thiazole rings is 1. The summed E-state index contributed by atoms with van der Waals surface area (Å²) in [5.41, 5.74) is 3.67. The van der Waals surface area contributed by atoms with E-state index in [1.807, 2.05) is 0 Å². The number of anilines is 1. The van der Waals surface area contributed by atoms with Crippen molar-refractivity contribution in [3.63, 3.8) is 0 Å². The number of aromatic nitrogens is 1. The summed E-state index contributed by atoms with van der Waals surface area (Å²) < 4.78 is 1.13. The average Bonchev–Trinajstić information content (AvgIpc) is 2.67. The van der Waals surface area contributed by atoms with E-state index in [4.69, 9.17) is 0 Å². The summed E-state index contributed by atoms with van der Waals surface area (Å²) in [6.45, 7) is 7.15. The van der Waals surface area contributed by atoms with Crippen LogP contribution in [-0.4, -0.2) is 4.98 Å². The minimum atomic E-state index is 0.800. The van der Waals surface area contributed by atoms with Gasteiger partial charge >= 0.3 is 0 Å². The van der Waals surface area contributed by atoms with Crippen LogP contribution in [-0.2, 0) is 13.0 Å². The van der Waals surface area contributed by atoms with Gasteiger partial charge in [0.05, 0.1) is 12.2 Å². The molecule has 1 aromatic heterocycles. The molecular weight excluding hydrogens is 308 g/mol. The molecule has 2 nitrogen and oxygen atoms in total. The predicted octanol–water partition coefficient (Wildman–Crippen LogP) is 4.70. The minimum absolute atomic E-state index is 0.800. The first kappa shape index (κ1) is 13.6. The number of rotatable bonds is 4. The van der Waals surface area contributed by atoms with E-state index in [1.54, 1.807) is 11.3 Å². The van der Waals surface area contributed by atoms with E-state index in [2.05, 4.69) is 65.2 Å². The Balaban J connectivity index is 2.10. The summed E-state index contributed by atoms with van der Waals surface area (Å²) in [6.07, 6.45) is 1.03. The molecule has 2 rings (SSSR count). The zero-order valence-corrected chi connectivity index (χ0v) is 13.3. The van der Waals surface area contributed by atoms with Gasteiger partial charge in [-0.1, -0.05) is 22.9 Å². The van der Waals surface area contributed by atoms with Gasteiger partial charge in [-0.2, -0.15) is 0 Å². The third-order valence-corrected chi connectivity index (χ3v) is 4.52. The van der Waals surface area contributed by atoms with Crippen molar-refractivity contribution in [3.8, 4) is 0 Å².